The quantitative estimate of drug-likeness (QED) is 0.643. The molecule has 106 valence electrons. The zero-order valence-corrected chi connectivity index (χ0v) is 14.1. The molecule has 21 heavy (non-hydrogen) atoms. The number of hydrogen-bond donors (Lipinski definition) is 0. The molecule has 0 amide bonds. The molecule has 0 saturated heterocycles. The maximum Gasteiger partial charge on any atom is 0.128 e. The number of rotatable bonds is 3. The molecule has 0 aliphatic rings. The van der Waals surface area contributed by atoms with Crippen LogP contribution in [0.5, 0.6) is 0 Å². The van der Waals surface area contributed by atoms with Crippen LogP contribution in [-0.4, -0.2) is 9.19 Å². The van der Waals surface area contributed by atoms with Crippen molar-refractivity contribution in [2.24, 2.45) is 0 Å². The van der Waals surface area contributed by atoms with E-state index in [4.69, 9.17) is 11.6 Å². The first-order valence-corrected chi connectivity index (χ1v) is 8.80. The molecule has 5 heteroatoms. The Kier molecular flexibility index (Phi) is 4.38. The molecule has 1 aromatic heterocycles. The van der Waals surface area contributed by atoms with Crippen LogP contribution in [0.25, 0.3) is 10.9 Å². The summed E-state index contributed by atoms with van der Waals surface area (Å²) in [5.74, 6) is 0.458. The number of benzene rings is 2. The van der Waals surface area contributed by atoms with Crippen molar-refractivity contribution in [1.29, 1.82) is 0 Å². The molecule has 0 bridgehead atoms. The number of pyridine rings is 1. The highest BCUT2D eigenvalue weighted by atomic mass is 79.9. The normalized spacial score (nSPS) is 12.5. The summed E-state index contributed by atoms with van der Waals surface area (Å²) in [4.78, 5) is 4.46. The van der Waals surface area contributed by atoms with Gasteiger partial charge in [0, 0.05) is 14.9 Å². The predicted molar refractivity (Wildman–Crippen MR) is 91.0 cm³/mol. The predicted octanol–water partition coefficient (Wildman–Crippen LogP) is 4.96. The van der Waals surface area contributed by atoms with Gasteiger partial charge in [-0.05, 0) is 48.0 Å². The Morgan fingerprint density at radius 1 is 1.05 bits per heavy atom. The van der Waals surface area contributed by atoms with Crippen molar-refractivity contribution in [3.63, 3.8) is 0 Å². The fraction of sp³-hybridized carbons (Fsp3) is 0.0625. The van der Waals surface area contributed by atoms with Crippen LogP contribution in [-0.2, 0) is 16.6 Å². The topological polar surface area (TPSA) is 30.0 Å². The lowest BCUT2D eigenvalue weighted by atomic mass is 10.2. The van der Waals surface area contributed by atoms with Gasteiger partial charge in [0.1, 0.15) is 5.03 Å². The van der Waals surface area contributed by atoms with Crippen molar-refractivity contribution in [3.8, 4) is 0 Å². The van der Waals surface area contributed by atoms with E-state index in [-0.39, 0.29) is 0 Å². The van der Waals surface area contributed by atoms with E-state index >= 15 is 0 Å². The molecule has 2 nitrogen and oxygen atoms in total. The van der Waals surface area contributed by atoms with Crippen molar-refractivity contribution in [2.75, 3.05) is 0 Å². The van der Waals surface area contributed by atoms with E-state index < -0.39 is 10.8 Å². The fourth-order valence-electron chi connectivity index (χ4n) is 2.01. The largest absolute Gasteiger partial charge is 0.252 e. The Labute approximate surface area is 138 Å². The smallest absolute Gasteiger partial charge is 0.128 e. The fourth-order valence-corrected chi connectivity index (χ4v) is 3.52. The maximum absolute atomic E-state index is 12.4. The first-order chi connectivity index (χ1) is 10.1. The monoisotopic (exact) mass is 379 g/mol. The van der Waals surface area contributed by atoms with Gasteiger partial charge >= 0.3 is 0 Å². The molecule has 1 atom stereocenters. The van der Waals surface area contributed by atoms with Crippen molar-refractivity contribution >= 4 is 49.2 Å². The summed E-state index contributed by atoms with van der Waals surface area (Å²) in [6, 6.07) is 17.0. The van der Waals surface area contributed by atoms with E-state index in [0.29, 0.717) is 15.8 Å². The molecular formula is C16H11BrClNOS. The molecule has 0 N–H and O–H groups in total. The van der Waals surface area contributed by atoms with E-state index in [2.05, 4.69) is 20.9 Å². The Morgan fingerprint density at radius 3 is 2.57 bits per heavy atom. The van der Waals surface area contributed by atoms with E-state index in [9.17, 15) is 4.21 Å². The molecule has 1 unspecified atom stereocenters. The van der Waals surface area contributed by atoms with Crippen molar-refractivity contribution in [1.82, 2.24) is 4.98 Å². The SMILES string of the molecule is O=S(Cc1ccc(Br)cc1)c1ccc2cc(Cl)ccc2n1. The number of nitrogens with zero attached hydrogens (tertiary/aromatic N) is 1. The second kappa shape index (κ2) is 6.26. The lowest BCUT2D eigenvalue weighted by Crippen LogP contribution is -1.99. The molecule has 0 saturated carbocycles. The van der Waals surface area contributed by atoms with Crippen LogP contribution in [0, 0.1) is 0 Å². The van der Waals surface area contributed by atoms with Gasteiger partial charge in [-0.3, -0.25) is 4.21 Å². The van der Waals surface area contributed by atoms with Crippen LogP contribution in [0.2, 0.25) is 5.02 Å². The molecule has 0 radical (unpaired) electrons. The van der Waals surface area contributed by atoms with Gasteiger partial charge in [0.05, 0.1) is 22.1 Å². The second-order valence-electron chi connectivity index (χ2n) is 4.60. The van der Waals surface area contributed by atoms with Crippen molar-refractivity contribution in [2.45, 2.75) is 10.8 Å². The standard InChI is InChI=1S/C16H11BrClNOS/c17-13-4-1-11(2-5-13)10-21(20)16-8-3-12-9-14(18)6-7-15(12)19-16/h1-9H,10H2. The average molecular weight is 381 g/mol. The minimum Gasteiger partial charge on any atom is -0.252 e. The van der Waals surface area contributed by atoms with Crippen LogP contribution in [0.1, 0.15) is 5.56 Å². The Balaban J connectivity index is 1.87. The Morgan fingerprint density at radius 2 is 1.81 bits per heavy atom. The van der Waals surface area contributed by atoms with E-state index in [1.165, 1.54) is 0 Å². The molecule has 0 fully saturated rings. The van der Waals surface area contributed by atoms with Gasteiger partial charge in [0.25, 0.3) is 0 Å². The van der Waals surface area contributed by atoms with Crippen LogP contribution < -0.4 is 0 Å². The van der Waals surface area contributed by atoms with Crippen LogP contribution in [0.4, 0.5) is 0 Å². The van der Waals surface area contributed by atoms with Crippen molar-refractivity contribution in [3.05, 3.63) is 69.7 Å². The number of aromatic nitrogens is 1. The third kappa shape index (κ3) is 3.51. The summed E-state index contributed by atoms with van der Waals surface area (Å²) in [5.41, 5.74) is 1.83. The molecular weight excluding hydrogens is 370 g/mol. The third-order valence-electron chi connectivity index (χ3n) is 3.07. The second-order valence-corrected chi connectivity index (χ2v) is 7.35. The molecule has 2 aromatic carbocycles. The van der Waals surface area contributed by atoms with Crippen LogP contribution >= 0.6 is 27.5 Å². The summed E-state index contributed by atoms with van der Waals surface area (Å²) in [6.07, 6.45) is 0. The molecule has 1 heterocycles. The summed E-state index contributed by atoms with van der Waals surface area (Å²) >= 11 is 9.34. The summed E-state index contributed by atoms with van der Waals surface area (Å²) in [7, 11) is -1.16. The molecule has 0 spiro atoms. The van der Waals surface area contributed by atoms with Gasteiger partial charge in [0.15, 0.2) is 0 Å². The molecule has 0 aliphatic carbocycles. The van der Waals surface area contributed by atoms with E-state index in [1.807, 2.05) is 42.5 Å². The number of hydrogen-bond acceptors (Lipinski definition) is 2. The average Bonchev–Trinajstić information content (AvgIpc) is 2.49. The van der Waals surface area contributed by atoms with Gasteiger partial charge in [-0.25, -0.2) is 4.98 Å². The zero-order valence-electron chi connectivity index (χ0n) is 10.9. The highest BCUT2D eigenvalue weighted by molar-refractivity contribution is 9.10. The summed E-state index contributed by atoms with van der Waals surface area (Å²) in [5, 5.41) is 2.22. The van der Waals surface area contributed by atoms with Gasteiger partial charge in [-0.1, -0.05) is 39.7 Å². The molecule has 3 rings (SSSR count). The minimum absolute atomic E-state index is 0.458. The lowest BCUT2D eigenvalue weighted by Gasteiger charge is -2.04. The Bertz CT molecular complexity index is 820. The highest BCUT2D eigenvalue weighted by Gasteiger charge is 2.08. The van der Waals surface area contributed by atoms with Gasteiger partial charge in [-0.2, -0.15) is 0 Å². The number of halogens is 2. The van der Waals surface area contributed by atoms with Gasteiger partial charge in [-0.15, -0.1) is 0 Å². The Hall–Kier alpha value is -1.23. The minimum atomic E-state index is -1.16. The van der Waals surface area contributed by atoms with Gasteiger partial charge < -0.3 is 0 Å². The van der Waals surface area contributed by atoms with Gasteiger partial charge in [0.2, 0.25) is 0 Å². The van der Waals surface area contributed by atoms with E-state index in [0.717, 1.165) is 20.9 Å². The lowest BCUT2D eigenvalue weighted by molar-refractivity contribution is 0.680. The van der Waals surface area contributed by atoms with Crippen LogP contribution in [0.3, 0.4) is 0 Å². The zero-order chi connectivity index (χ0) is 14.8. The molecule has 0 aliphatic heterocycles. The summed E-state index contributed by atoms with van der Waals surface area (Å²) < 4.78 is 13.4. The van der Waals surface area contributed by atoms with Crippen LogP contribution in [0.15, 0.2) is 64.1 Å². The summed E-state index contributed by atoms with van der Waals surface area (Å²) in [6.45, 7) is 0. The first-order valence-electron chi connectivity index (χ1n) is 6.31. The van der Waals surface area contributed by atoms with E-state index in [1.54, 1.807) is 12.1 Å². The maximum atomic E-state index is 12.4. The highest BCUT2D eigenvalue weighted by Crippen LogP contribution is 2.20. The first kappa shape index (κ1) is 14.7. The third-order valence-corrected chi connectivity index (χ3v) is 5.12. The van der Waals surface area contributed by atoms with Crippen molar-refractivity contribution < 1.29 is 4.21 Å². The molecule has 3 aromatic rings. The number of fused-ring (bicyclic) bond motifs is 1.